The number of nitrogens with one attached hydrogen (secondary N) is 1. The summed E-state index contributed by atoms with van der Waals surface area (Å²) in [6.07, 6.45) is 0. The highest BCUT2D eigenvalue weighted by Gasteiger charge is 2.29. The Bertz CT molecular complexity index is 1810. The highest BCUT2D eigenvalue weighted by Crippen LogP contribution is 2.48. The van der Waals surface area contributed by atoms with Crippen LogP contribution in [0.1, 0.15) is 33.0 Å². The number of H-pyrrole nitrogens is 1. The lowest BCUT2D eigenvalue weighted by molar-refractivity contribution is 0.0696. The van der Waals surface area contributed by atoms with E-state index in [9.17, 15) is 15.0 Å². The Labute approximate surface area is 206 Å². The Morgan fingerprint density at radius 1 is 0.806 bits per heavy atom. The number of carboxylic acid groups (broad SMARTS) is 1. The van der Waals surface area contributed by atoms with Crippen LogP contribution in [-0.4, -0.2) is 26.2 Å². The molecule has 0 unspecified atom stereocenters. The van der Waals surface area contributed by atoms with E-state index in [0.717, 1.165) is 11.1 Å². The van der Waals surface area contributed by atoms with E-state index in [1.807, 2.05) is 12.1 Å². The maximum atomic E-state index is 11.4. The van der Waals surface area contributed by atoms with Crippen LogP contribution < -0.4 is 0 Å². The second kappa shape index (κ2) is 7.55. The van der Waals surface area contributed by atoms with Crippen molar-refractivity contribution in [1.29, 1.82) is 0 Å². The third-order valence-corrected chi connectivity index (χ3v) is 7.12. The van der Waals surface area contributed by atoms with Gasteiger partial charge in [0.2, 0.25) is 0 Å². The van der Waals surface area contributed by atoms with Crippen molar-refractivity contribution in [2.75, 3.05) is 0 Å². The predicted molar refractivity (Wildman–Crippen MR) is 140 cm³/mol. The molecular formula is C31H20N2O3. The molecule has 0 spiro atoms. The first-order chi connectivity index (χ1) is 17.6. The largest absolute Gasteiger partial charge is 0.507 e. The minimum Gasteiger partial charge on any atom is -0.507 e. The van der Waals surface area contributed by atoms with Gasteiger partial charge in [-0.05, 0) is 57.5 Å². The highest BCUT2D eigenvalue weighted by atomic mass is 16.4. The molecule has 1 aromatic heterocycles. The van der Waals surface area contributed by atoms with Gasteiger partial charge in [0.1, 0.15) is 17.1 Å². The van der Waals surface area contributed by atoms with Gasteiger partial charge in [0.25, 0.3) is 0 Å². The van der Waals surface area contributed by atoms with Crippen LogP contribution >= 0.6 is 0 Å². The van der Waals surface area contributed by atoms with E-state index >= 15 is 0 Å². The summed E-state index contributed by atoms with van der Waals surface area (Å²) in [5.41, 5.74) is 8.70. The molecule has 1 aliphatic rings. The molecule has 1 aliphatic carbocycles. The maximum absolute atomic E-state index is 11.4. The maximum Gasteiger partial charge on any atom is 0.335 e. The zero-order valence-electron chi connectivity index (χ0n) is 19.1. The summed E-state index contributed by atoms with van der Waals surface area (Å²) < 4.78 is 0. The van der Waals surface area contributed by atoms with Crippen molar-refractivity contribution >= 4 is 27.8 Å². The van der Waals surface area contributed by atoms with Gasteiger partial charge in [-0.2, -0.15) is 0 Å². The van der Waals surface area contributed by atoms with Gasteiger partial charge in [0.15, 0.2) is 0 Å². The minimum absolute atomic E-state index is 0.0416. The van der Waals surface area contributed by atoms with E-state index < -0.39 is 5.97 Å². The van der Waals surface area contributed by atoms with E-state index in [4.69, 9.17) is 4.98 Å². The van der Waals surface area contributed by atoms with Gasteiger partial charge >= 0.3 is 5.97 Å². The first kappa shape index (κ1) is 20.5. The second-order valence-corrected chi connectivity index (χ2v) is 9.18. The molecule has 5 nitrogen and oxygen atoms in total. The molecule has 0 atom stereocenters. The molecule has 0 aliphatic heterocycles. The van der Waals surface area contributed by atoms with E-state index in [-0.39, 0.29) is 17.2 Å². The van der Waals surface area contributed by atoms with Gasteiger partial charge in [0.05, 0.1) is 16.5 Å². The Hall–Kier alpha value is -4.90. The van der Waals surface area contributed by atoms with Crippen LogP contribution in [0.15, 0.2) is 97.1 Å². The summed E-state index contributed by atoms with van der Waals surface area (Å²) in [7, 11) is 0. The minimum atomic E-state index is -1.08. The number of benzene rings is 5. The van der Waals surface area contributed by atoms with Crippen LogP contribution in [0.25, 0.3) is 44.3 Å². The Morgan fingerprint density at radius 2 is 1.53 bits per heavy atom. The number of carbonyl (C=O) groups is 1. The van der Waals surface area contributed by atoms with Crippen LogP contribution in [0.5, 0.6) is 5.75 Å². The lowest BCUT2D eigenvalue weighted by atomic mass is 9.88. The second-order valence-electron chi connectivity index (χ2n) is 9.18. The lowest BCUT2D eigenvalue weighted by Gasteiger charge is -2.15. The topological polar surface area (TPSA) is 86.2 Å². The van der Waals surface area contributed by atoms with E-state index in [1.165, 1.54) is 33.9 Å². The molecule has 0 saturated carbocycles. The number of aromatic carboxylic acids is 1. The van der Waals surface area contributed by atoms with Crippen molar-refractivity contribution in [3.63, 3.8) is 0 Å². The fourth-order valence-electron chi connectivity index (χ4n) is 5.55. The van der Waals surface area contributed by atoms with Crippen LogP contribution in [-0.2, 0) is 0 Å². The first-order valence-corrected chi connectivity index (χ1v) is 11.8. The zero-order valence-corrected chi connectivity index (χ0v) is 19.1. The molecule has 6 aromatic rings. The summed E-state index contributed by atoms with van der Waals surface area (Å²) in [4.78, 5) is 19.6. The van der Waals surface area contributed by atoms with Crippen molar-refractivity contribution in [2.45, 2.75) is 5.92 Å². The third-order valence-electron chi connectivity index (χ3n) is 7.12. The molecule has 36 heavy (non-hydrogen) atoms. The molecule has 5 heteroatoms. The highest BCUT2D eigenvalue weighted by molar-refractivity contribution is 6.10. The number of rotatable bonds is 3. The number of fused-ring (bicyclic) bond motifs is 6. The fourth-order valence-corrected chi connectivity index (χ4v) is 5.55. The molecule has 0 radical (unpaired) electrons. The summed E-state index contributed by atoms with van der Waals surface area (Å²) in [5, 5.41) is 21.1. The zero-order chi connectivity index (χ0) is 24.4. The summed E-state index contributed by atoms with van der Waals surface area (Å²) >= 11 is 0. The molecule has 7 rings (SSSR count). The summed E-state index contributed by atoms with van der Waals surface area (Å²) in [6.45, 7) is 0. The molecular weight excluding hydrogens is 448 g/mol. The van der Waals surface area contributed by atoms with Gasteiger partial charge < -0.3 is 15.2 Å². The molecule has 1 heterocycles. The number of hydrogen-bond donors (Lipinski definition) is 3. The molecule has 0 bridgehead atoms. The Morgan fingerprint density at radius 3 is 2.25 bits per heavy atom. The number of imidazole rings is 1. The number of aromatic amines is 1. The van der Waals surface area contributed by atoms with Gasteiger partial charge in [-0.15, -0.1) is 0 Å². The van der Waals surface area contributed by atoms with E-state index in [1.54, 1.807) is 12.1 Å². The number of aromatic hydroxyl groups is 1. The van der Waals surface area contributed by atoms with Gasteiger partial charge in [0, 0.05) is 11.5 Å². The normalized spacial score (nSPS) is 12.7. The van der Waals surface area contributed by atoms with Crippen molar-refractivity contribution < 1.29 is 15.0 Å². The van der Waals surface area contributed by atoms with E-state index in [2.05, 4.69) is 71.7 Å². The van der Waals surface area contributed by atoms with Crippen LogP contribution in [0.2, 0.25) is 0 Å². The quantitative estimate of drug-likeness (QED) is 0.262. The Balaban J connectivity index is 1.37. The standard InChI is InChI=1S/C31H20N2O3/c34-26-16-20(31(35)36)15-18-12-13-25-29(28(18)26)33-30(32-25)19-7-5-6-17(14-19)27-23-10-3-1-8-21(23)22-9-2-4-11-24(22)27/h1-16,27,34H,(H,32,33)(H,35,36). The molecule has 172 valence electrons. The van der Waals surface area contributed by atoms with Gasteiger partial charge in [-0.3, -0.25) is 0 Å². The number of aromatic nitrogens is 2. The van der Waals surface area contributed by atoms with Gasteiger partial charge in [-0.25, -0.2) is 9.78 Å². The number of carboxylic acids is 1. The monoisotopic (exact) mass is 468 g/mol. The molecule has 0 fully saturated rings. The molecule has 3 N–H and O–H groups in total. The fraction of sp³-hybridized carbons (Fsp3) is 0.0323. The average molecular weight is 469 g/mol. The number of hydrogen-bond acceptors (Lipinski definition) is 3. The Kier molecular flexibility index (Phi) is 4.29. The molecule has 0 saturated heterocycles. The van der Waals surface area contributed by atoms with Crippen molar-refractivity contribution in [1.82, 2.24) is 9.97 Å². The first-order valence-electron chi connectivity index (χ1n) is 11.8. The number of phenolic OH excluding ortho intramolecular Hbond substituents is 1. The lowest BCUT2D eigenvalue weighted by Crippen LogP contribution is -1.99. The van der Waals surface area contributed by atoms with Crippen molar-refractivity contribution in [3.05, 3.63) is 119 Å². The van der Waals surface area contributed by atoms with Crippen LogP contribution in [0.3, 0.4) is 0 Å². The predicted octanol–water partition coefficient (Wildman–Crippen LogP) is 6.95. The number of phenols is 1. The third kappa shape index (κ3) is 2.96. The average Bonchev–Trinajstić information content (AvgIpc) is 3.48. The van der Waals surface area contributed by atoms with Crippen LogP contribution in [0, 0.1) is 0 Å². The summed E-state index contributed by atoms with van der Waals surface area (Å²) in [6, 6.07) is 32.0. The van der Waals surface area contributed by atoms with Crippen molar-refractivity contribution in [2.24, 2.45) is 0 Å². The smallest absolute Gasteiger partial charge is 0.335 e. The van der Waals surface area contributed by atoms with E-state index in [0.29, 0.717) is 22.1 Å². The van der Waals surface area contributed by atoms with Crippen molar-refractivity contribution in [3.8, 4) is 28.3 Å². The van der Waals surface area contributed by atoms with Gasteiger partial charge in [-0.1, -0.05) is 72.8 Å². The SMILES string of the molecule is O=C(O)c1cc(O)c2c(ccc3[nH]c(-c4cccc(C5c6ccccc6-c6ccccc65)c4)nc32)c1. The molecule has 0 amide bonds. The molecule has 5 aromatic carbocycles. The summed E-state index contributed by atoms with van der Waals surface area (Å²) in [5.74, 6) is -0.343. The number of nitrogens with zero attached hydrogens (tertiary/aromatic N) is 1. The van der Waals surface area contributed by atoms with Crippen LogP contribution in [0.4, 0.5) is 0 Å².